The summed E-state index contributed by atoms with van der Waals surface area (Å²) in [5, 5.41) is 22.1. The molecule has 1 aliphatic heterocycles. The monoisotopic (exact) mass is 687 g/mol. The molecule has 1 saturated heterocycles. The highest BCUT2D eigenvalue weighted by molar-refractivity contribution is 5.71. The third kappa shape index (κ3) is 8.47. The molecular formula is C34H37F4N5O6. The van der Waals surface area contributed by atoms with Crippen LogP contribution in [-0.4, -0.2) is 69.0 Å². The molecule has 0 amide bonds. The maximum absolute atomic E-state index is 14.8. The van der Waals surface area contributed by atoms with Crippen LogP contribution >= 0.6 is 0 Å². The number of aromatic nitrogens is 2. The summed E-state index contributed by atoms with van der Waals surface area (Å²) >= 11 is 0. The Hall–Kier alpha value is -4.73. The van der Waals surface area contributed by atoms with Crippen LogP contribution in [0.2, 0.25) is 0 Å². The lowest BCUT2D eigenvalue weighted by Gasteiger charge is -2.36. The van der Waals surface area contributed by atoms with Crippen LogP contribution in [0.1, 0.15) is 40.8 Å². The molecule has 2 atom stereocenters. The summed E-state index contributed by atoms with van der Waals surface area (Å²) in [5.41, 5.74) is 0.278. The van der Waals surface area contributed by atoms with E-state index in [4.69, 9.17) is 9.52 Å². The molecule has 1 unspecified atom stereocenters. The zero-order chi connectivity index (χ0) is 35.3. The Morgan fingerprint density at radius 1 is 0.939 bits per heavy atom. The van der Waals surface area contributed by atoms with Crippen molar-refractivity contribution in [1.82, 2.24) is 19.4 Å². The molecule has 0 bridgehead atoms. The molecule has 0 aliphatic carbocycles. The number of carboxylic acid groups (broad SMARTS) is 1. The average molecular weight is 688 g/mol. The Morgan fingerprint density at radius 3 is 2.24 bits per heavy atom. The van der Waals surface area contributed by atoms with Crippen molar-refractivity contribution in [3.8, 4) is 0 Å². The standard InChI is InChI=1S/C34H37F4N5O6/c1-22-30(41-17-15-40(16-18-41)20-25-11-12-29(49-25)34(36,37)38)31(45)43(33(48)42(22)19-24-9-5-6-10-26(24)35)21-27(23-7-3-2-4-8-23)39-14-13-28(44)32(46)47/h2-12,27-28,39,44H,13-21H2,1H3,(H,46,47)/t27-,28?/m0/s1. The summed E-state index contributed by atoms with van der Waals surface area (Å²) in [6.45, 7) is 2.90. The van der Waals surface area contributed by atoms with E-state index in [1.54, 1.807) is 49.4 Å². The maximum atomic E-state index is 14.8. The lowest BCUT2D eigenvalue weighted by molar-refractivity contribution is -0.153. The van der Waals surface area contributed by atoms with Gasteiger partial charge in [-0.1, -0.05) is 48.5 Å². The maximum Gasteiger partial charge on any atom is 0.449 e. The van der Waals surface area contributed by atoms with Gasteiger partial charge in [0.25, 0.3) is 5.56 Å². The number of piperazine rings is 1. The van der Waals surface area contributed by atoms with Crippen LogP contribution in [0.5, 0.6) is 0 Å². The van der Waals surface area contributed by atoms with Gasteiger partial charge in [-0.05, 0) is 43.7 Å². The number of rotatable bonds is 13. The lowest BCUT2D eigenvalue weighted by Crippen LogP contribution is -2.51. The fourth-order valence-electron chi connectivity index (χ4n) is 5.93. The van der Waals surface area contributed by atoms with E-state index in [1.165, 1.54) is 22.8 Å². The molecule has 11 nitrogen and oxygen atoms in total. The Morgan fingerprint density at radius 2 is 1.61 bits per heavy atom. The van der Waals surface area contributed by atoms with Crippen molar-refractivity contribution in [3.63, 3.8) is 0 Å². The first kappa shape index (κ1) is 35.6. The Kier molecular flexibility index (Phi) is 11.1. The highest BCUT2D eigenvalue weighted by Gasteiger charge is 2.35. The summed E-state index contributed by atoms with van der Waals surface area (Å²) in [6, 6.07) is 16.5. The summed E-state index contributed by atoms with van der Waals surface area (Å²) in [7, 11) is 0. The van der Waals surface area contributed by atoms with Crippen molar-refractivity contribution in [2.45, 2.75) is 51.3 Å². The van der Waals surface area contributed by atoms with Gasteiger partial charge in [0.2, 0.25) is 5.76 Å². The van der Waals surface area contributed by atoms with Crippen molar-refractivity contribution in [2.75, 3.05) is 37.6 Å². The number of alkyl halides is 3. The van der Waals surface area contributed by atoms with Gasteiger partial charge < -0.3 is 24.8 Å². The second-order valence-electron chi connectivity index (χ2n) is 11.9. The SMILES string of the molecule is Cc1c(N2CCN(Cc3ccc(C(F)(F)F)o3)CC2)c(=O)n(C[C@H](NCCC(O)C(=O)O)c2ccccc2)c(=O)n1Cc1ccccc1F. The minimum atomic E-state index is -4.59. The topological polar surface area (TPSA) is 133 Å². The number of nitrogens with zero attached hydrogens (tertiary/aromatic N) is 4. The molecule has 262 valence electrons. The zero-order valence-electron chi connectivity index (χ0n) is 26.7. The molecule has 49 heavy (non-hydrogen) atoms. The number of hydrogen-bond acceptors (Lipinski definition) is 8. The molecule has 4 aromatic rings. The van der Waals surface area contributed by atoms with Gasteiger partial charge in [0.15, 0.2) is 6.10 Å². The number of halogens is 4. The van der Waals surface area contributed by atoms with E-state index in [9.17, 15) is 37.1 Å². The van der Waals surface area contributed by atoms with Gasteiger partial charge >= 0.3 is 17.8 Å². The van der Waals surface area contributed by atoms with E-state index in [0.29, 0.717) is 37.4 Å². The number of aliphatic hydroxyl groups excluding tert-OH is 1. The number of hydrogen-bond donors (Lipinski definition) is 3. The number of aliphatic carboxylic acids is 1. The predicted molar refractivity (Wildman–Crippen MR) is 172 cm³/mol. The van der Waals surface area contributed by atoms with E-state index >= 15 is 0 Å². The second-order valence-corrected chi connectivity index (χ2v) is 11.9. The molecule has 0 saturated carbocycles. The Bertz CT molecular complexity index is 1870. The second kappa shape index (κ2) is 15.2. The van der Waals surface area contributed by atoms with E-state index in [-0.39, 0.29) is 49.6 Å². The van der Waals surface area contributed by atoms with E-state index in [2.05, 4.69) is 5.32 Å². The largest absolute Gasteiger partial charge is 0.479 e. The fourth-order valence-corrected chi connectivity index (χ4v) is 5.93. The third-order valence-corrected chi connectivity index (χ3v) is 8.61. The quantitative estimate of drug-likeness (QED) is 0.181. The summed E-state index contributed by atoms with van der Waals surface area (Å²) in [4.78, 5) is 43.2. The molecule has 3 heterocycles. The van der Waals surface area contributed by atoms with E-state index < -0.39 is 47.1 Å². The van der Waals surface area contributed by atoms with Crippen molar-refractivity contribution in [3.05, 3.63) is 122 Å². The molecule has 5 rings (SSSR count). The van der Waals surface area contributed by atoms with Crippen LogP contribution in [0.25, 0.3) is 0 Å². The highest BCUT2D eigenvalue weighted by Crippen LogP contribution is 2.31. The lowest BCUT2D eigenvalue weighted by atomic mass is 10.1. The number of benzene rings is 2. The number of furan rings is 1. The smallest absolute Gasteiger partial charge is 0.449 e. The first-order chi connectivity index (χ1) is 23.3. The number of carbonyl (C=O) groups is 1. The van der Waals surface area contributed by atoms with Crippen LogP contribution in [0.4, 0.5) is 23.2 Å². The predicted octanol–water partition coefficient (Wildman–Crippen LogP) is 3.61. The highest BCUT2D eigenvalue weighted by atomic mass is 19.4. The molecule has 2 aromatic carbocycles. The van der Waals surface area contributed by atoms with Crippen molar-refractivity contribution < 1.29 is 37.0 Å². The molecule has 0 spiro atoms. The van der Waals surface area contributed by atoms with Crippen LogP contribution < -0.4 is 21.5 Å². The molecule has 3 N–H and O–H groups in total. The van der Waals surface area contributed by atoms with Crippen molar-refractivity contribution in [1.29, 1.82) is 0 Å². The number of nitrogens with one attached hydrogen (secondary N) is 1. The van der Waals surface area contributed by atoms with E-state index in [0.717, 1.165) is 10.6 Å². The molecule has 15 heteroatoms. The third-order valence-electron chi connectivity index (χ3n) is 8.61. The van der Waals surface area contributed by atoms with Gasteiger partial charge in [-0.3, -0.25) is 18.8 Å². The minimum Gasteiger partial charge on any atom is -0.479 e. The Balaban J connectivity index is 1.47. The van der Waals surface area contributed by atoms with Gasteiger partial charge in [0, 0.05) is 37.4 Å². The molecule has 1 fully saturated rings. The van der Waals surface area contributed by atoms with Gasteiger partial charge in [-0.15, -0.1) is 0 Å². The van der Waals surface area contributed by atoms with Gasteiger partial charge in [-0.25, -0.2) is 14.0 Å². The number of anilines is 1. The Labute approximate surface area is 278 Å². The molecular weight excluding hydrogens is 650 g/mol. The average Bonchev–Trinajstić information content (AvgIpc) is 3.55. The van der Waals surface area contributed by atoms with Crippen molar-refractivity contribution >= 4 is 11.7 Å². The van der Waals surface area contributed by atoms with Crippen LogP contribution in [0.15, 0.2) is 80.7 Å². The molecule has 2 aromatic heterocycles. The first-order valence-corrected chi connectivity index (χ1v) is 15.7. The first-order valence-electron chi connectivity index (χ1n) is 15.7. The van der Waals surface area contributed by atoms with Crippen LogP contribution in [-0.2, 0) is 30.6 Å². The van der Waals surface area contributed by atoms with E-state index in [1.807, 2.05) is 9.80 Å². The summed E-state index contributed by atoms with van der Waals surface area (Å²) in [5.74, 6) is -2.80. The van der Waals surface area contributed by atoms with Gasteiger partial charge in [0.05, 0.1) is 25.7 Å². The zero-order valence-corrected chi connectivity index (χ0v) is 26.7. The van der Waals surface area contributed by atoms with Crippen molar-refractivity contribution in [2.24, 2.45) is 0 Å². The number of carboxylic acids is 1. The van der Waals surface area contributed by atoms with Gasteiger partial charge in [0.1, 0.15) is 17.3 Å². The van der Waals surface area contributed by atoms with Gasteiger partial charge in [-0.2, -0.15) is 13.2 Å². The molecule has 1 aliphatic rings. The van der Waals surface area contributed by atoms with Crippen LogP contribution in [0.3, 0.4) is 0 Å². The summed E-state index contributed by atoms with van der Waals surface area (Å²) < 4.78 is 61.3. The molecule has 0 radical (unpaired) electrons. The number of aliphatic hydroxyl groups is 1. The minimum absolute atomic E-state index is 0.0615. The van der Waals surface area contributed by atoms with Crippen LogP contribution in [0, 0.1) is 12.7 Å². The fraction of sp³-hybridized carbons (Fsp3) is 0.382. The summed E-state index contributed by atoms with van der Waals surface area (Å²) in [6.07, 6.45) is -6.31. The normalized spacial score (nSPS) is 15.3.